The summed E-state index contributed by atoms with van der Waals surface area (Å²) < 4.78 is 7.25. The first-order valence-electron chi connectivity index (χ1n) is 9.46. The van der Waals surface area contributed by atoms with Crippen molar-refractivity contribution in [2.24, 2.45) is 0 Å². The molecule has 7 heteroatoms. The Morgan fingerprint density at radius 3 is 2.52 bits per heavy atom. The number of aryl methyl sites for hydroxylation is 3. The molecule has 0 atom stereocenters. The van der Waals surface area contributed by atoms with Crippen LogP contribution in [0.2, 0.25) is 0 Å². The monoisotopic (exact) mass is 410 g/mol. The van der Waals surface area contributed by atoms with Crippen molar-refractivity contribution in [2.45, 2.75) is 32.5 Å². The molecule has 0 spiro atoms. The second-order valence-corrected chi connectivity index (χ2v) is 7.98. The molecular formula is C22H26N4O2S. The van der Waals surface area contributed by atoms with Crippen LogP contribution in [0.1, 0.15) is 16.7 Å². The van der Waals surface area contributed by atoms with Gasteiger partial charge in [0.1, 0.15) is 0 Å². The third-order valence-electron chi connectivity index (χ3n) is 4.35. The first-order chi connectivity index (χ1) is 14.0. The highest BCUT2D eigenvalue weighted by Gasteiger charge is 2.16. The molecule has 0 aliphatic rings. The number of methoxy groups -OCH3 is 1. The standard InChI is InChI=1S/C22H26N4O2S/c1-15-6-5-7-18(11-15)21-24-25-22(26(21)8-9-28-4)29-14-20(27)23-19-12-16(2)10-17(3)13-19/h5-7,10-13H,8-9,14H2,1-4H3,(H,23,27). The molecule has 6 nitrogen and oxygen atoms in total. The predicted molar refractivity (Wildman–Crippen MR) is 117 cm³/mol. The number of rotatable bonds is 8. The lowest BCUT2D eigenvalue weighted by Gasteiger charge is -2.10. The van der Waals surface area contributed by atoms with E-state index >= 15 is 0 Å². The molecule has 3 rings (SSSR count). The Hall–Kier alpha value is -2.64. The highest BCUT2D eigenvalue weighted by Crippen LogP contribution is 2.25. The summed E-state index contributed by atoms with van der Waals surface area (Å²) in [5.41, 5.74) is 5.21. The molecule has 1 amide bonds. The number of amides is 1. The molecule has 0 aliphatic heterocycles. The Bertz CT molecular complexity index is 980. The van der Waals surface area contributed by atoms with Crippen LogP contribution < -0.4 is 5.32 Å². The van der Waals surface area contributed by atoms with Gasteiger partial charge in [-0.25, -0.2) is 0 Å². The fourth-order valence-corrected chi connectivity index (χ4v) is 3.92. The maximum absolute atomic E-state index is 12.4. The number of carbonyl (C=O) groups is 1. The predicted octanol–water partition coefficient (Wildman–Crippen LogP) is 4.25. The molecule has 0 radical (unpaired) electrons. The van der Waals surface area contributed by atoms with Gasteiger partial charge in [-0.2, -0.15) is 0 Å². The molecule has 29 heavy (non-hydrogen) atoms. The fourth-order valence-electron chi connectivity index (χ4n) is 3.15. The van der Waals surface area contributed by atoms with Gasteiger partial charge in [0, 0.05) is 18.4 Å². The van der Waals surface area contributed by atoms with Gasteiger partial charge in [-0.1, -0.05) is 41.6 Å². The first-order valence-corrected chi connectivity index (χ1v) is 10.4. The van der Waals surface area contributed by atoms with Crippen molar-refractivity contribution in [3.63, 3.8) is 0 Å². The Balaban J connectivity index is 1.73. The van der Waals surface area contributed by atoms with Crippen molar-refractivity contribution in [1.82, 2.24) is 14.8 Å². The highest BCUT2D eigenvalue weighted by molar-refractivity contribution is 7.99. The van der Waals surface area contributed by atoms with Gasteiger partial charge in [-0.05, 0) is 50.1 Å². The number of aromatic nitrogens is 3. The fraction of sp³-hybridized carbons (Fsp3) is 0.318. The molecule has 0 fully saturated rings. The lowest BCUT2D eigenvalue weighted by atomic mass is 10.1. The van der Waals surface area contributed by atoms with Crippen molar-refractivity contribution in [3.05, 3.63) is 59.2 Å². The van der Waals surface area contributed by atoms with Gasteiger partial charge in [0.2, 0.25) is 5.91 Å². The molecule has 1 N–H and O–H groups in total. The minimum Gasteiger partial charge on any atom is -0.383 e. The number of nitrogens with one attached hydrogen (secondary N) is 1. The quantitative estimate of drug-likeness (QED) is 0.562. The van der Waals surface area contributed by atoms with Crippen LogP contribution in [0.25, 0.3) is 11.4 Å². The summed E-state index contributed by atoms with van der Waals surface area (Å²) in [7, 11) is 1.67. The van der Waals surface area contributed by atoms with Crippen molar-refractivity contribution in [2.75, 3.05) is 24.8 Å². The summed E-state index contributed by atoms with van der Waals surface area (Å²) in [6.07, 6.45) is 0. The molecule has 1 heterocycles. The first kappa shape index (κ1) is 21.1. The average molecular weight is 411 g/mol. The number of anilines is 1. The second-order valence-electron chi connectivity index (χ2n) is 7.03. The summed E-state index contributed by atoms with van der Waals surface area (Å²) in [6, 6.07) is 14.2. The van der Waals surface area contributed by atoms with Crippen molar-refractivity contribution < 1.29 is 9.53 Å². The van der Waals surface area contributed by atoms with E-state index in [-0.39, 0.29) is 11.7 Å². The van der Waals surface area contributed by atoms with Crippen molar-refractivity contribution >= 4 is 23.4 Å². The number of nitrogens with zero attached hydrogens (tertiary/aromatic N) is 3. The number of hydrogen-bond acceptors (Lipinski definition) is 5. The summed E-state index contributed by atoms with van der Waals surface area (Å²) >= 11 is 1.37. The normalized spacial score (nSPS) is 10.9. The summed E-state index contributed by atoms with van der Waals surface area (Å²) in [6.45, 7) is 7.24. The smallest absolute Gasteiger partial charge is 0.234 e. The Morgan fingerprint density at radius 2 is 1.83 bits per heavy atom. The Labute approximate surface area is 175 Å². The summed E-state index contributed by atoms with van der Waals surface area (Å²) in [5.74, 6) is 0.965. The van der Waals surface area contributed by atoms with Crippen molar-refractivity contribution in [3.8, 4) is 11.4 Å². The number of carbonyl (C=O) groups excluding carboxylic acids is 1. The molecule has 3 aromatic rings. The van der Waals surface area contributed by atoms with E-state index in [4.69, 9.17) is 4.74 Å². The van der Waals surface area contributed by atoms with Gasteiger partial charge in [0.25, 0.3) is 0 Å². The van der Waals surface area contributed by atoms with E-state index in [0.29, 0.717) is 18.3 Å². The molecule has 0 saturated carbocycles. The lowest BCUT2D eigenvalue weighted by Crippen LogP contribution is -2.15. The maximum atomic E-state index is 12.4. The maximum Gasteiger partial charge on any atom is 0.234 e. The van der Waals surface area contributed by atoms with Crippen LogP contribution in [0.3, 0.4) is 0 Å². The molecule has 2 aromatic carbocycles. The van der Waals surface area contributed by atoms with E-state index in [9.17, 15) is 4.79 Å². The van der Waals surface area contributed by atoms with Crippen LogP contribution in [0.5, 0.6) is 0 Å². The number of hydrogen-bond donors (Lipinski definition) is 1. The third kappa shape index (κ3) is 5.68. The van der Waals surface area contributed by atoms with Gasteiger partial charge in [0.05, 0.1) is 18.9 Å². The summed E-state index contributed by atoms with van der Waals surface area (Å²) in [4.78, 5) is 12.4. The largest absolute Gasteiger partial charge is 0.383 e. The van der Waals surface area contributed by atoms with Gasteiger partial charge >= 0.3 is 0 Å². The molecule has 0 aliphatic carbocycles. The van der Waals surface area contributed by atoms with Gasteiger partial charge < -0.3 is 10.1 Å². The third-order valence-corrected chi connectivity index (χ3v) is 5.32. The molecular weight excluding hydrogens is 384 g/mol. The Kier molecular flexibility index (Phi) is 7.06. The number of ether oxygens (including phenoxy) is 1. The van der Waals surface area contributed by atoms with Crippen LogP contribution in [-0.2, 0) is 16.1 Å². The van der Waals surface area contributed by atoms with E-state index < -0.39 is 0 Å². The van der Waals surface area contributed by atoms with E-state index in [2.05, 4.69) is 27.6 Å². The zero-order valence-corrected chi connectivity index (χ0v) is 18.0. The molecule has 152 valence electrons. The number of thioether (sulfide) groups is 1. The van der Waals surface area contributed by atoms with Gasteiger partial charge in [0.15, 0.2) is 11.0 Å². The average Bonchev–Trinajstić information content (AvgIpc) is 3.06. The van der Waals surface area contributed by atoms with Crippen molar-refractivity contribution in [1.29, 1.82) is 0 Å². The molecule has 1 aromatic heterocycles. The van der Waals surface area contributed by atoms with E-state index in [0.717, 1.165) is 33.8 Å². The number of benzene rings is 2. The van der Waals surface area contributed by atoms with E-state index in [1.807, 2.05) is 55.7 Å². The summed E-state index contributed by atoms with van der Waals surface area (Å²) in [5, 5.41) is 12.4. The van der Waals surface area contributed by atoms with E-state index in [1.165, 1.54) is 11.8 Å². The van der Waals surface area contributed by atoms with E-state index in [1.54, 1.807) is 7.11 Å². The van der Waals surface area contributed by atoms with Gasteiger partial charge in [-0.3, -0.25) is 9.36 Å². The zero-order chi connectivity index (χ0) is 20.8. The van der Waals surface area contributed by atoms with Gasteiger partial charge in [-0.15, -0.1) is 10.2 Å². The van der Waals surface area contributed by atoms with Crippen LogP contribution in [0.15, 0.2) is 47.6 Å². The minimum absolute atomic E-state index is 0.0709. The molecule has 0 unspecified atom stereocenters. The van der Waals surface area contributed by atoms with Crippen LogP contribution >= 0.6 is 11.8 Å². The molecule has 0 saturated heterocycles. The minimum atomic E-state index is -0.0709. The van der Waals surface area contributed by atoms with Crippen LogP contribution in [0.4, 0.5) is 5.69 Å². The van der Waals surface area contributed by atoms with Crippen LogP contribution in [0, 0.1) is 20.8 Å². The lowest BCUT2D eigenvalue weighted by molar-refractivity contribution is -0.113. The topological polar surface area (TPSA) is 69.0 Å². The SMILES string of the molecule is COCCn1c(SCC(=O)Nc2cc(C)cc(C)c2)nnc1-c1cccc(C)c1. The molecule has 0 bridgehead atoms. The van der Waals surface area contributed by atoms with Crippen LogP contribution in [-0.4, -0.2) is 40.1 Å². The zero-order valence-electron chi connectivity index (χ0n) is 17.2. The second kappa shape index (κ2) is 9.71. The highest BCUT2D eigenvalue weighted by atomic mass is 32.2. The Morgan fingerprint density at radius 1 is 1.07 bits per heavy atom.